The van der Waals surface area contributed by atoms with Crippen LogP contribution in [0.1, 0.15) is 34.0 Å². The molecule has 7 heteroatoms. The van der Waals surface area contributed by atoms with E-state index in [1.807, 2.05) is 18.2 Å². The lowest BCUT2D eigenvalue weighted by Gasteiger charge is -2.10. The minimum atomic E-state index is -0.599. The van der Waals surface area contributed by atoms with Gasteiger partial charge >= 0.3 is 0 Å². The summed E-state index contributed by atoms with van der Waals surface area (Å²) in [7, 11) is 0. The Morgan fingerprint density at radius 2 is 1.93 bits per heavy atom. The van der Waals surface area contributed by atoms with Crippen LogP contribution in [0.2, 0.25) is 5.02 Å². The van der Waals surface area contributed by atoms with Crippen molar-refractivity contribution in [2.24, 2.45) is 5.92 Å². The summed E-state index contributed by atoms with van der Waals surface area (Å²) in [5, 5.41) is 5.95. The van der Waals surface area contributed by atoms with Crippen LogP contribution in [0.25, 0.3) is 0 Å². The van der Waals surface area contributed by atoms with E-state index < -0.39 is 11.7 Å². The van der Waals surface area contributed by atoms with Gasteiger partial charge in [-0.05, 0) is 55.2 Å². The molecule has 4 rings (SSSR count). The van der Waals surface area contributed by atoms with Gasteiger partial charge in [0, 0.05) is 16.6 Å². The molecule has 2 amide bonds. The van der Waals surface area contributed by atoms with Gasteiger partial charge in [-0.2, -0.15) is 0 Å². The van der Waals surface area contributed by atoms with Crippen LogP contribution in [-0.2, 0) is 4.79 Å². The summed E-state index contributed by atoms with van der Waals surface area (Å²) in [4.78, 5) is 24.9. The highest BCUT2D eigenvalue weighted by molar-refractivity contribution is 6.31. The first-order valence-electron chi connectivity index (χ1n) is 9.14. The average Bonchev–Trinajstić information content (AvgIpc) is 3.37. The first kappa shape index (κ1) is 19.2. The molecule has 0 aliphatic heterocycles. The SMILES string of the molecule is Cc1occc1C(=O)Nc1cc(NC(=O)C2CC2c2ccccc2Cl)ccc1F. The number of benzene rings is 2. The minimum Gasteiger partial charge on any atom is -0.469 e. The molecule has 0 bridgehead atoms. The second-order valence-electron chi connectivity index (χ2n) is 7.00. The number of rotatable bonds is 5. The fraction of sp³-hybridized carbons (Fsp3) is 0.182. The summed E-state index contributed by atoms with van der Waals surface area (Å²) < 4.78 is 19.2. The molecular weight excluding hydrogens is 395 g/mol. The zero-order valence-electron chi connectivity index (χ0n) is 15.5. The molecule has 1 aliphatic rings. The van der Waals surface area contributed by atoms with E-state index in [4.69, 9.17) is 16.0 Å². The molecule has 3 aromatic rings. The number of halogens is 2. The van der Waals surface area contributed by atoms with Crippen LogP contribution in [0.15, 0.2) is 59.2 Å². The fourth-order valence-electron chi connectivity index (χ4n) is 3.35. The molecule has 1 fully saturated rings. The summed E-state index contributed by atoms with van der Waals surface area (Å²) in [6, 6.07) is 13.0. The van der Waals surface area contributed by atoms with Crippen molar-refractivity contribution in [2.75, 3.05) is 10.6 Å². The van der Waals surface area contributed by atoms with E-state index >= 15 is 0 Å². The molecule has 1 aromatic heterocycles. The minimum absolute atomic E-state index is 0.0214. The predicted octanol–water partition coefficient (Wildman–Crippen LogP) is 5.38. The highest BCUT2D eigenvalue weighted by atomic mass is 35.5. The molecule has 2 N–H and O–H groups in total. The van der Waals surface area contributed by atoms with Crippen LogP contribution in [0.5, 0.6) is 0 Å². The number of amides is 2. The van der Waals surface area contributed by atoms with Crippen LogP contribution in [-0.4, -0.2) is 11.8 Å². The Balaban J connectivity index is 1.44. The first-order chi connectivity index (χ1) is 13.9. The van der Waals surface area contributed by atoms with Crippen molar-refractivity contribution >= 4 is 34.8 Å². The maximum absolute atomic E-state index is 14.1. The quantitative estimate of drug-likeness (QED) is 0.591. The van der Waals surface area contributed by atoms with Crippen molar-refractivity contribution in [3.8, 4) is 0 Å². The summed E-state index contributed by atoms with van der Waals surface area (Å²) in [5.74, 6) is -0.923. The summed E-state index contributed by atoms with van der Waals surface area (Å²) >= 11 is 6.21. The Bertz CT molecular complexity index is 1100. The summed E-state index contributed by atoms with van der Waals surface area (Å²) in [6.07, 6.45) is 2.10. The molecule has 0 radical (unpaired) electrons. The van der Waals surface area contributed by atoms with E-state index in [2.05, 4.69) is 10.6 Å². The smallest absolute Gasteiger partial charge is 0.259 e. The molecule has 2 aromatic carbocycles. The van der Waals surface area contributed by atoms with Crippen LogP contribution in [0, 0.1) is 18.7 Å². The van der Waals surface area contributed by atoms with Crippen LogP contribution in [0.4, 0.5) is 15.8 Å². The zero-order chi connectivity index (χ0) is 20.5. The van der Waals surface area contributed by atoms with Gasteiger partial charge in [0.05, 0.1) is 17.5 Å². The van der Waals surface area contributed by atoms with Gasteiger partial charge < -0.3 is 15.1 Å². The Morgan fingerprint density at radius 1 is 1.14 bits per heavy atom. The van der Waals surface area contributed by atoms with E-state index in [0.717, 1.165) is 5.56 Å². The molecule has 1 aliphatic carbocycles. The number of hydrogen-bond donors (Lipinski definition) is 2. The Labute approximate surface area is 171 Å². The van der Waals surface area contributed by atoms with Gasteiger partial charge in [-0.3, -0.25) is 9.59 Å². The molecule has 0 spiro atoms. The molecule has 29 heavy (non-hydrogen) atoms. The topological polar surface area (TPSA) is 71.3 Å². The largest absolute Gasteiger partial charge is 0.469 e. The standard InChI is InChI=1S/C22H18ClFN2O3/c1-12-14(8-9-29-12)21(27)26-20-10-13(6-7-19(20)24)25-22(28)17-11-16(17)15-4-2-3-5-18(15)23/h2-10,16-17H,11H2,1H3,(H,25,28)(H,26,27). The van der Waals surface area contributed by atoms with Crippen molar-refractivity contribution < 1.29 is 18.4 Å². The lowest BCUT2D eigenvalue weighted by Crippen LogP contribution is -2.16. The lowest BCUT2D eigenvalue weighted by molar-refractivity contribution is -0.117. The number of anilines is 2. The van der Waals surface area contributed by atoms with Crippen molar-refractivity contribution in [1.82, 2.24) is 0 Å². The molecule has 148 valence electrons. The highest BCUT2D eigenvalue weighted by Crippen LogP contribution is 2.50. The maximum atomic E-state index is 14.1. The van der Waals surface area contributed by atoms with Crippen LogP contribution >= 0.6 is 11.6 Å². The maximum Gasteiger partial charge on any atom is 0.259 e. The predicted molar refractivity (Wildman–Crippen MR) is 109 cm³/mol. The van der Waals surface area contributed by atoms with E-state index in [1.165, 1.54) is 30.5 Å². The number of carbonyl (C=O) groups is 2. The van der Waals surface area contributed by atoms with Crippen molar-refractivity contribution in [3.63, 3.8) is 0 Å². The second kappa shape index (κ2) is 7.72. The number of nitrogens with one attached hydrogen (secondary N) is 2. The monoisotopic (exact) mass is 412 g/mol. The lowest BCUT2D eigenvalue weighted by atomic mass is 10.1. The van der Waals surface area contributed by atoms with Gasteiger partial charge in [0.2, 0.25) is 5.91 Å². The molecule has 1 saturated carbocycles. The van der Waals surface area contributed by atoms with Crippen molar-refractivity contribution in [1.29, 1.82) is 0 Å². The second-order valence-corrected chi connectivity index (χ2v) is 7.41. The summed E-state index contributed by atoms with van der Waals surface area (Å²) in [5.41, 5.74) is 1.66. The third kappa shape index (κ3) is 4.03. The van der Waals surface area contributed by atoms with Gasteiger partial charge in [-0.15, -0.1) is 0 Å². The Kier molecular flexibility index (Phi) is 5.11. The third-order valence-corrected chi connectivity index (χ3v) is 5.36. The number of furan rings is 1. The molecule has 5 nitrogen and oxygen atoms in total. The van der Waals surface area contributed by atoms with Crippen LogP contribution < -0.4 is 10.6 Å². The zero-order valence-corrected chi connectivity index (χ0v) is 16.3. The Hall–Kier alpha value is -3.12. The molecule has 1 heterocycles. The molecule has 2 atom stereocenters. The van der Waals surface area contributed by atoms with Gasteiger partial charge in [0.15, 0.2) is 0 Å². The van der Waals surface area contributed by atoms with E-state index in [1.54, 1.807) is 13.0 Å². The summed E-state index contributed by atoms with van der Waals surface area (Å²) in [6.45, 7) is 1.65. The normalized spacial score (nSPS) is 17.6. The molecule has 0 saturated heterocycles. The highest BCUT2D eigenvalue weighted by Gasteiger charge is 2.44. The molecule has 2 unspecified atom stereocenters. The Morgan fingerprint density at radius 3 is 2.66 bits per heavy atom. The van der Waals surface area contributed by atoms with Gasteiger partial charge in [0.1, 0.15) is 11.6 Å². The number of carbonyl (C=O) groups excluding carboxylic acids is 2. The van der Waals surface area contributed by atoms with Gasteiger partial charge in [0.25, 0.3) is 5.91 Å². The van der Waals surface area contributed by atoms with Gasteiger partial charge in [-0.25, -0.2) is 4.39 Å². The number of aryl methyl sites for hydroxylation is 1. The van der Waals surface area contributed by atoms with Gasteiger partial charge in [-0.1, -0.05) is 29.8 Å². The van der Waals surface area contributed by atoms with Crippen molar-refractivity contribution in [2.45, 2.75) is 19.3 Å². The average molecular weight is 413 g/mol. The fourth-order valence-corrected chi connectivity index (χ4v) is 3.62. The van der Waals surface area contributed by atoms with E-state index in [-0.39, 0.29) is 23.4 Å². The third-order valence-electron chi connectivity index (χ3n) is 5.02. The molecular formula is C22H18ClFN2O3. The van der Waals surface area contributed by atoms with E-state index in [0.29, 0.717) is 28.5 Å². The number of hydrogen-bond acceptors (Lipinski definition) is 3. The first-order valence-corrected chi connectivity index (χ1v) is 9.52. The van der Waals surface area contributed by atoms with E-state index in [9.17, 15) is 14.0 Å². The van der Waals surface area contributed by atoms with Crippen LogP contribution in [0.3, 0.4) is 0 Å². The van der Waals surface area contributed by atoms with Crippen molar-refractivity contribution in [3.05, 3.63) is 82.5 Å².